The van der Waals surface area contributed by atoms with E-state index < -0.39 is 0 Å². The number of aryl methyl sites for hydroxylation is 1. The van der Waals surface area contributed by atoms with Gasteiger partial charge in [0, 0.05) is 29.1 Å². The first-order valence-corrected chi connectivity index (χ1v) is 10.6. The number of benzene rings is 2. The minimum atomic E-state index is -0.0888. The van der Waals surface area contributed by atoms with Gasteiger partial charge in [0.2, 0.25) is 0 Å². The summed E-state index contributed by atoms with van der Waals surface area (Å²) in [4.78, 5) is 2.46. The summed E-state index contributed by atoms with van der Waals surface area (Å²) in [5.41, 5.74) is 5.87. The molecule has 0 amide bonds. The van der Waals surface area contributed by atoms with Crippen LogP contribution in [0.1, 0.15) is 29.5 Å². The summed E-state index contributed by atoms with van der Waals surface area (Å²) < 4.78 is 0. The second-order valence-corrected chi connectivity index (χ2v) is 8.79. The number of H-pyrrole nitrogens is 1. The third kappa shape index (κ3) is 4.55. The van der Waals surface area contributed by atoms with Gasteiger partial charge in [-0.25, -0.2) is 0 Å². The summed E-state index contributed by atoms with van der Waals surface area (Å²) in [6.07, 6.45) is 4.99. The number of aromatic amines is 1. The van der Waals surface area contributed by atoms with Gasteiger partial charge in [0.25, 0.3) is 0 Å². The second kappa shape index (κ2) is 8.70. The van der Waals surface area contributed by atoms with Crippen molar-refractivity contribution in [2.24, 2.45) is 5.41 Å². The molecule has 29 heavy (non-hydrogen) atoms. The lowest BCUT2D eigenvalue weighted by Gasteiger charge is -2.42. The fraction of sp³-hybridized carbons (Fsp3) is 0.375. The van der Waals surface area contributed by atoms with Gasteiger partial charge in [-0.2, -0.15) is 5.10 Å². The van der Waals surface area contributed by atoms with Crippen LogP contribution in [-0.4, -0.2) is 39.9 Å². The smallest absolute Gasteiger partial charge is 0.0695 e. The van der Waals surface area contributed by atoms with Crippen LogP contribution < -0.4 is 0 Å². The minimum absolute atomic E-state index is 0.0888. The predicted octanol–water partition coefficient (Wildman–Crippen LogP) is 4.86. The van der Waals surface area contributed by atoms with E-state index in [0.717, 1.165) is 55.2 Å². The number of hydrogen-bond donors (Lipinski definition) is 2. The van der Waals surface area contributed by atoms with Gasteiger partial charge in [-0.3, -0.25) is 10.00 Å². The molecule has 0 unspecified atom stereocenters. The molecule has 0 spiro atoms. The summed E-state index contributed by atoms with van der Waals surface area (Å²) in [6.45, 7) is 5.13. The van der Waals surface area contributed by atoms with Gasteiger partial charge in [0.15, 0.2) is 0 Å². The molecule has 1 aliphatic heterocycles. The van der Waals surface area contributed by atoms with E-state index in [1.54, 1.807) is 0 Å². The molecule has 4 rings (SSSR count). The Morgan fingerprint density at radius 1 is 1.14 bits per heavy atom. The van der Waals surface area contributed by atoms with Crippen molar-refractivity contribution in [2.75, 3.05) is 19.7 Å². The van der Waals surface area contributed by atoms with Gasteiger partial charge >= 0.3 is 0 Å². The van der Waals surface area contributed by atoms with Crippen molar-refractivity contribution >= 4 is 11.6 Å². The molecule has 3 aromatic rings. The number of hydrogen-bond acceptors (Lipinski definition) is 3. The van der Waals surface area contributed by atoms with E-state index >= 15 is 0 Å². The molecule has 152 valence electrons. The molecule has 2 aromatic carbocycles. The topological polar surface area (TPSA) is 52.1 Å². The van der Waals surface area contributed by atoms with E-state index in [1.165, 1.54) is 16.7 Å². The Balaban J connectivity index is 1.51. The highest BCUT2D eigenvalue weighted by atomic mass is 35.5. The highest BCUT2D eigenvalue weighted by molar-refractivity contribution is 6.30. The van der Waals surface area contributed by atoms with Gasteiger partial charge in [0.05, 0.1) is 18.5 Å². The Hall–Kier alpha value is -2.14. The number of rotatable bonds is 6. The molecule has 1 saturated heterocycles. The average molecular weight is 410 g/mol. The molecule has 1 fully saturated rings. The zero-order valence-electron chi connectivity index (χ0n) is 16.9. The standard InChI is InChI=1S/C24H28ClN3O/c1-18-5-2-3-6-20(18)13-24(17-29)11-4-12-28(16-24)15-21-14-26-27-23(21)19-7-9-22(25)10-8-19/h2-3,5-10,14,29H,4,11-13,15-17H2,1H3,(H,26,27)/t24-/m1/s1. The molecule has 1 aromatic heterocycles. The molecule has 0 bridgehead atoms. The monoisotopic (exact) mass is 409 g/mol. The third-order valence-corrected chi connectivity index (χ3v) is 6.40. The quantitative estimate of drug-likeness (QED) is 0.611. The van der Waals surface area contributed by atoms with Crippen molar-refractivity contribution in [3.63, 3.8) is 0 Å². The molecule has 2 N–H and O–H groups in total. The van der Waals surface area contributed by atoms with Gasteiger partial charge in [0.1, 0.15) is 0 Å². The SMILES string of the molecule is Cc1ccccc1C[C@]1(CO)CCCN(Cc2cn[nH]c2-c2ccc(Cl)cc2)C1. The van der Waals surface area contributed by atoms with Gasteiger partial charge in [-0.15, -0.1) is 0 Å². The molecular formula is C24H28ClN3O. The minimum Gasteiger partial charge on any atom is -0.396 e. The van der Waals surface area contributed by atoms with Crippen molar-refractivity contribution in [3.8, 4) is 11.3 Å². The number of nitrogens with one attached hydrogen (secondary N) is 1. The van der Waals surface area contributed by atoms with Crippen LogP contribution in [-0.2, 0) is 13.0 Å². The van der Waals surface area contributed by atoms with E-state index in [4.69, 9.17) is 11.6 Å². The fourth-order valence-corrected chi connectivity index (χ4v) is 4.65. The maximum atomic E-state index is 10.3. The normalized spacial score (nSPS) is 20.1. The summed E-state index contributed by atoms with van der Waals surface area (Å²) in [6, 6.07) is 16.4. The maximum absolute atomic E-state index is 10.3. The first-order valence-electron chi connectivity index (χ1n) is 10.2. The molecule has 4 nitrogen and oxygen atoms in total. The third-order valence-electron chi connectivity index (χ3n) is 6.15. The van der Waals surface area contributed by atoms with E-state index in [9.17, 15) is 5.11 Å². The fourth-order valence-electron chi connectivity index (χ4n) is 4.53. The Bertz CT molecular complexity index is 953. The lowest BCUT2D eigenvalue weighted by atomic mass is 9.75. The molecule has 1 atom stereocenters. The molecule has 1 aliphatic rings. The number of halogens is 1. The molecule has 0 radical (unpaired) electrons. The molecular weight excluding hydrogens is 382 g/mol. The highest BCUT2D eigenvalue weighted by Crippen LogP contribution is 2.35. The summed E-state index contributed by atoms with van der Waals surface area (Å²) in [5, 5.41) is 18.5. The average Bonchev–Trinajstić information content (AvgIpc) is 3.19. The van der Waals surface area contributed by atoms with Crippen LogP contribution in [0.3, 0.4) is 0 Å². The van der Waals surface area contributed by atoms with Gasteiger partial charge in [-0.1, -0.05) is 48.0 Å². The van der Waals surface area contributed by atoms with Crippen LogP contribution >= 0.6 is 11.6 Å². The van der Waals surface area contributed by atoms with Crippen molar-refractivity contribution < 1.29 is 5.11 Å². The Labute approximate surface area is 177 Å². The summed E-state index contributed by atoms with van der Waals surface area (Å²) >= 11 is 6.04. The van der Waals surface area contributed by atoms with Crippen molar-refractivity contribution in [2.45, 2.75) is 32.7 Å². The number of likely N-dealkylation sites (tertiary alicyclic amines) is 1. The first-order chi connectivity index (χ1) is 14.1. The van der Waals surface area contributed by atoms with Gasteiger partial charge in [-0.05, 0) is 61.6 Å². The van der Waals surface area contributed by atoms with E-state index in [1.807, 2.05) is 30.5 Å². The van der Waals surface area contributed by atoms with Crippen LogP contribution in [0, 0.1) is 12.3 Å². The number of piperidine rings is 1. The van der Waals surface area contributed by atoms with Crippen LogP contribution in [0.25, 0.3) is 11.3 Å². The lowest BCUT2D eigenvalue weighted by molar-refractivity contribution is 0.0288. The van der Waals surface area contributed by atoms with Crippen LogP contribution in [0.4, 0.5) is 0 Å². The molecule has 2 heterocycles. The number of aromatic nitrogens is 2. The number of nitrogens with zero attached hydrogens (tertiary/aromatic N) is 2. The zero-order valence-corrected chi connectivity index (χ0v) is 17.6. The lowest BCUT2D eigenvalue weighted by Crippen LogP contribution is -2.46. The van der Waals surface area contributed by atoms with Crippen molar-refractivity contribution in [1.29, 1.82) is 0 Å². The Morgan fingerprint density at radius 3 is 2.69 bits per heavy atom. The van der Waals surface area contributed by atoms with Crippen LogP contribution in [0.5, 0.6) is 0 Å². The number of aliphatic hydroxyl groups excluding tert-OH is 1. The molecule has 5 heteroatoms. The Morgan fingerprint density at radius 2 is 1.93 bits per heavy atom. The molecule has 0 saturated carbocycles. The van der Waals surface area contributed by atoms with Gasteiger partial charge < -0.3 is 5.11 Å². The van der Waals surface area contributed by atoms with E-state index in [0.29, 0.717) is 0 Å². The second-order valence-electron chi connectivity index (χ2n) is 8.35. The highest BCUT2D eigenvalue weighted by Gasteiger charge is 2.35. The summed E-state index contributed by atoms with van der Waals surface area (Å²) in [5.74, 6) is 0. The van der Waals surface area contributed by atoms with E-state index in [2.05, 4.69) is 46.3 Å². The largest absolute Gasteiger partial charge is 0.396 e. The van der Waals surface area contributed by atoms with E-state index in [-0.39, 0.29) is 12.0 Å². The summed E-state index contributed by atoms with van der Waals surface area (Å²) in [7, 11) is 0. The van der Waals surface area contributed by atoms with Crippen molar-refractivity contribution in [3.05, 3.63) is 76.4 Å². The first kappa shape index (κ1) is 20.1. The predicted molar refractivity (Wildman–Crippen MR) is 118 cm³/mol. The Kier molecular flexibility index (Phi) is 6.04. The van der Waals surface area contributed by atoms with Crippen LogP contribution in [0.15, 0.2) is 54.7 Å². The van der Waals surface area contributed by atoms with Crippen LogP contribution in [0.2, 0.25) is 5.02 Å². The maximum Gasteiger partial charge on any atom is 0.0695 e. The van der Waals surface area contributed by atoms with Crippen molar-refractivity contribution in [1.82, 2.24) is 15.1 Å². The number of aliphatic hydroxyl groups is 1. The zero-order chi connectivity index (χ0) is 20.3. The molecule has 0 aliphatic carbocycles.